The van der Waals surface area contributed by atoms with Gasteiger partial charge in [0.05, 0.1) is 5.69 Å². The predicted molar refractivity (Wildman–Crippen MR) is 58.8 cm³/mol. The molecule has 0 radical (unpaired) electrons. The van der Waals surface area contributed by atoms with E-state index in [2.05, 4.69) is 22.7 Å². The summed E-state index contributed by atoms with van der Waals surface area (Å²) in [6.45, 7) is 2.14. The molecule has 1 rings (SSSR count). The summed E-state index contributed by atoms with van der Waals surface area (Å²) in [6.07, 6.45) is 2.75. The number of rotatable bonds is 6. The van der Waals surface area contributed by atoms with E-state index in [1.54, 1.807) is 4.68 Å². The molecule has 0 saturated carbocycles. The van der Waals surface area contributed by atoms with Gasteiger partial charge in [-0.05, 0) is 5.75 Å². The molecule has 1 heterocycles. The van der Waals surface area contributed by atoms with Gasteiger partial charge in [0.25, 0.3) is 0 Å². The maximum Gasteiger partial charge on any atom is 0.0843 e. The zero-order valence-corrected chi connectivity index (χ0v) is 9.42. The Morgan fingerprint density at radius 2 is 2.50 bits per heavy atom. The molecule has 0 fully saturated rings. The van der Waals surface area contributed by atoms with Gasteiger partial charge in [-0.3, -0.25) is 16.0 Å². The van der Waals surface area contributed by atoms with Crippen LogP contribution < -0.4 is 11.3 Å². The second-order valence-electron chi connectivity index (χ2n) is 3.11. The molecule has 0 amide bonds. The first kappa shape index (κ1) is 11.5. The van der Waals surface area contributed by atoms with Crippen molar-refractivity contribution in [3.05, 3.63) is 11.9 Å². The largest absolute Gasteiger partial charge is 0.271 e. The fraction of sp³-hybridized carbons (Fsp3) is 0.750. The summed E-state index contributed by atoms with van der Waals surface area (Å²) >= 11 is 1.87. The Kier molecular flexibility index (Phi) is 4.92. The smallest absolute Gasteiger partial charge is 0.0843 e. The molecule has 0 aliphatic carbocycles. The predicted octanol–water partition coefficient (Wildman–Crippen LogP) is -0.0574. The third-order valence-corrected chi connectivity index (χ3v) is 2.91. The number of aromatic nitrogens is 3. The summed E-state index contributed by atoms with van der Waals surface area (Å²) in [5.74, 6) is 7.56. The maximum absolute atomic E-state index is 5.45. The minimum absolute atomic E-state index is 0.275. The molecular weight excluding hydrogens is 198 g/mol. The third-order valence-electron chi connectivity index (χ3n) is 1.86. The highest BCUT2D eigenvalue weighted by Gasteiger charge is 2.09. The Hall–Kier alpha value is -0.590. The number of hydrazine groups is 1. The highest BCUT2D eigenvalue weighted by Crippen LogP contribution is 2.05. The van der Waals surface area contributed by atoms with Crippen LogP contribution in [0.5, 0.6) is 0 Å². The molecule has 3 N–H and O–H groups in total. The van der Waals surface area contributed by atoms with Crippen LogP contribution in [0.15, 0.2) is 6.20 Å². The second kappa shape index (κ2) is 6.00. The average molecular weight is 215 g/mol. The van der Waals surface area contributed by atoms with Gasteiger partial charge in [0.2, 0.25) is 0 Å². The van der Waals surface area contributed by atoms with E-state index >= 15 is 0 Å². The van der Waals surface area contributed by atoms with Gasteiger partial charge < -0.3 is 0 Å². The van der Waals surface area contributed by atoms with E-state index < -0.39 is 0 Å². The van der Waals surface area contributed by atoms with Crippen LogP contribution in [0.1, 0.15) is 12.6 Å². The number of aryl methyl sites for hydroxylation is 1. The van der Waals surface area contributed by atoms with E-state index in [-0.39, 0.29) is 6.04 Å². The number of nitrogens with two attached hydrogens (primary N) is 1. The molecule has 0 bridgehead atoms. The quantitative estimate of drug-likeness (QED) is 0.514. The molecule has 6 heteroatoms. The van der Waals surface area contributed by atoms with Crippen LogP contribution in [0.25, 0.3) is 0 Å². The molecular formula is C8H17N5S. The van der Waals surface area contributed by atoms with Gasteiger partial charge in [0, 0.05) is 31.5 Å². The van der Waals surface area contributed by atoms with Crippen LogP contribution in [-0.4, -0.2) is 32.5 Å². The standard InChI is InChI=1S/C8H17N5S/c1-3-14-6-8(10-9)4-7-5-13(2)12-11-7/h5,8,10H,3-4,6,9H2,1-2H3. The molecule has 0 spiro atoms. The summed E-state index contributed by atoms with van der Waals surface area (Å²) < 4.78 is 1.70. The van der Waals surface area contributed by atoms with Crippen LogP contribution >= 0.6 is 11.8 Å². The lowest BCUT2D eigenvalue weighted by Gasteiger charge is -2.12. The molecule has 80 valence electrons. The van der Waals surface area contributed by atoms with Gasteiger partial charge in [0.1, 0.15) is 0 Å². The molecule has 5 nitrogen and oxygen atoms in total. The Morgan fingerprint density at radius 3 is 3.00 bits per heavy atom. The lowest BCUT2D eigenvalue weighted by Crippen LogP contribution is -2.38. The minimum Gasteiger partial charge on any atom is -0.271 e. The highest BCUT2D eigenvalue weighted by atomic mass is 32.2. The van der Waals surface area contributed by atoms with Gasteiger partial charge in [-0.15, -0.1) is 5.10 Å². The number of thioether (sulfide) groups is 1. The van der Waals surface area contributed by atoms with Crippen LogP contribution in [0.4, 0.5) is 0 Å². The first-order chi connectivity index (χ1) is 6.76. The number of hydrogen-bond acceptors (Lipinski definition) is 5. The van der Waals surface area contributed by atoms with Gasteiger partial charge in [-0.1, -0.05) is 12.1 Å². The van der Waals surface area contributed by atoms with E-state index in [0.29, 0.717) is 0 Å². The SMILES string of the molecule is CCSCC(Cc1cn(C)nn1)NN. The summed E-state index contributed by atoms with van der Waals surface area (Å²) in [6, 6.07) is 0.275. The van der Waals surface area contributed by atoms with E-state index in [1.807, 2.05) is 25.0 Å². The van der Waals surface area contributed by atoms with E-state index in [1.165, 1.54) is 0 Å². The molecule has 0 aromatic carbocycles. The second-order valence-corrected chi connectivity index (χ2v) is 4.43. The van der Waals surface area contributed by atoms with Crippen LogP contribution in [0.3, 0.4) is 0 Å². The van der Waals surface area contributed by atoms with Crippen molar-refractivity contribution in [1.82, 2.24) is 20.4 Å². The summed E-state index contributed by atoms with van der Waals surface area (Å²) in [7, 11) is 1.86. The van der Waals surface area contributed by atoms with Crippen molar-refractivity contribution in [2.45, 2.75) is 19.4 Å². The Balaban J connectivity index is 2.40. The van der Waals surface area contributed by atoms with Crippen molar-refractivity contribution in [3.8, 4) is 0 Å². The topological polar surface area (TPSA) is 68.8 Å². The highest BCUT2D eigenvalue weighted by molar-refractivity contribution is 7.99. The van der Waals surface area contributed by atoms with Crippen molar-refractivity contribution in [3.63, 3.8) is 0 Å². The van der Waals surface area contributed by atoms with Crippen LogP contribution in [0.2, 0.25) is 0 Å². The average Bonchev–Trinajstić information content (AvgIpc) is 2.58. The number of hydrogen-bond donors (Lipinski definition) is 2. The van der Waals surface area contributed by atoms with E-state index in [4.69, 9.17) is 5.84 Å². The maximum atomic E-state index is 5.45. The van der Waals surface area contributed by atoms with Crippen molar-refractivity contribution < 1.29 is 0 Å². The first-order valence-corrected chi connectivity index (χ1v) is 5.80. The fourth-order valence-corrected chi connectivity index (χ4v) is 1.90. The number of nitrogens with zero attached hydrogens (tertiary/aromatic N) is 3. The number of nitrogens with one attached hydrogen (secondary N) is 1. The van der Waals surface area contributed by atoms with E-state index in [9.17, 15) is 0 Å². The van der Waals surface area contributed by atoms with Gasteiger partial charge in [-0.25, -0.2) is 0 Å². The zero-order chi connectivity index (χ0) is 10.4. The Morgan fingerprint density at radius 1 is 1.71 bits per heavy atom. The van der Waals surface area contributed by atoms with Gasteiger partial charge >= 0.3 is 0 Å². The minimum atomic E-state index is 0.275. The lowest BCUT2D eigenvalue weighted by atomic mass is 10.2. The molecule has 1 aromatic heterocycles. The Bertz CT molecular complexity index is 262. The molecule has 1 atom stereocenters. The normalized spacial score (nSPS) is 13.1. The van der Waals surface area contributed by atoms with E-state index in [0.717, 1.165) is 23.6 Å². The lowest BCUT2D eigenvalue weighted by molar-refractivity contribution is 0.568. The van der Waals surface area contributed by atoms with Crippen molar-refractivity contribution in [2.75, 3.05) is 11.5 Å². The van der Waals surface area contributed by atoms with Crippen LogP contribution in [0, 0.1) is 0 Å². The first-order valence-electron chi connectivity index (χ1n) is 4.65. The van der Waals surface area contributed by atoms with Gasteiger partial charge in [-0.2, -0.15) is 11.8 Å². The summed E-state index contributed by atoms with van der Waals surface area (Å²) in [5, 5.41) is 7.90. The zero-order valence-electron chi connectivity index (χ0n) is 8.60. The molecule has 0 aliphatic rings. The molecule has 14 heavy (non-hydrogen) atoms. The van der Waals surface area contributed by atoms with Crippen molar-refractivity contribution >= 4 is 11.8 Å². The van der Waals surface area contributed by atoms with Gasteiger partial charge in [0.15, 0.2) is 0 Å². The summed E-state index contributed by atoms with van der Waals surface area (Å²) in [5.41, 5.74) is 3.78. The fourth-order valence-electron chi connectivity index (χ4n) is 1.17. The summed E-state index contributed by atoms with van der Waals surface area (Å²) in [4.78, 5) is 0. The molecule has 1 unspecified atom stereocenters. The molecule has 1 aromatic rings. The third kappa shape index (κ3) is 3.65. The van der Waals surface area contributed by atoms with Crippen molar-refractivity contribution in [1.29, 1.82) is 0 Å². The van der Waals surface area contributed by atoms with Crippen LogP contribution in [-0.2, 0) is 13.5 Å². The van der Waals surface area contributed by atoms with Crippen molar-refractivity contribution in [2.24, 2.45) is 12.9 Å². The molecule has 0 saturated heterocycles. The monoisotopic (exact) mass is 215 g/mol. The Labute approximate surface area is 88.4 Å². The molecule has 0 aliphatic heterocycles.